The van der Waals surface area contributed by atoms with Crippen molar-refractivity contribution in [1.29, 1.82) is 0 Å². The lowest BCUT2D eigenvalue weighted by Crippen LogP contribution is -2.49. The Kier molecular flexibility index (Phi) is 5.12. The van der Waals surface area contributed by atoms with Crippen molar-refractivity contribution in [3.63, 3.8) is 0 Å². The molecule has 5 nitrogen and oxygen atoms in total. The third-order valence-corrected chi connectivity index (χ3v) is 3.19. The molecule has 0 radical (unpaired) electrons. The average Bonchev–Trinajstić information content (AvgIpc) is 2.44. The van der Waals surface area contributed by atoms with E-state index in [1.54, 1.807) is 4.90 Å². The number of rotatable bonds is 5. The Labute approximate surface area is 118 Å². The normalized spacial score (nSPS) is 18.9. The predicted molar refractivity (Wildman–Crippen MR) is 76.3 cm³/mol. The topological polar surface area (TPSA) is 58.6 Å². The van der Waals surface area contributed by atoms with Gasteiger partial charge < -0.3 is 15.0 Å². The molecule has 1 aliphatic heterocycles. The van der Waals surface area contributed by atoms with Crippen LogP contribution in [0.1, 0.15) is 19.8 Å². The summed E-state index contributed by atoms with van der Waals surface area (Å²) < 4.78 is 5.42. The number of amides is 2. The number of benzene rings is 1. The lowest BCUT2D eigenvalue weighted by molar-refractivity contribution is -0.155. The highest BCUT2D eigenvalue weighted by Gasteiger charge is 2.30. The Morgan fingerprint density at radius 1 is 1.40 bits per heavy atom. The predicted octanol–water partition coefficient (Wildman–Crippen LogP) is 1.65. The number of nitrogens with zero attached hydrogens (tertiary/aromatic N) is 1. The van der Waals surface area contributed by atoms with Gasteiger partial charge in [0.05, 0.1) is 13.0 Å². The fraction of sp³-hybridized carbons (Fsp3) is 0.467. The molecule has 1 atom stereocenters. The molecule has 5 heteroatoms. The second kappa shape index (κ2) is 7.05. The third kappa shape index (κ3) is 3.81. The molecule has 1 aromatic rings. The van der Waals surface area contributed by atoms with Gasteiger partial charge in [-0.2, -0.15) is 0 Å². The molecule has 0 aliphatic carbocycles. The lowest BCUT2D eigenvalue weighted by Gasteiger charge is -2.32. The second-order valence-corrected chi connectivity index (χ2v) is 4.80. The highest BCUT2D eigenvalue weighted by atomic mass is 16.5. The number of hydrogen-bond acceptors (Lipinski definition) is 3. The molecule has 1 saturated heterocycles. The largest absolute Gasteiger partial charge is 0.366 e. The first-order valence-corrected chi connectivity index (χ1v) is 6.96. The fourth-order valence-electron chi connectivity index (χ4n) is 2.23. The van der Waals surface area contributed by atoms with Crippen molar-refractivity contribution in [3.8, 4) is 0 Å². The summed E-state index contributed by atoms with van der Waals surface area (Å²) in [6.07, 6.45) is 0.321. The van der Waals surface area contributed by atoms with Crippen molar-refractivity contribution in [2.24, 2.45) is 0 Å². The summed E-state index contributed by atoms with van der Waals surface area (Å²) in [5.74, 6) is -0.283. The van der Waals surface area contributed by atoms with E-state index in [-0.39, 0.29) is 18.2 Å². The molecule has 2 rings (SSSR count). The van der Waals surface area contributed by atoms with Crippen LogP contribution in [0.4, 0.5) is 5.69 Å². The molecule has 1 N–H and O–H groups in total. The van der Waals surface area contributed by atoms with Gasteiger partial charge in [-0.1, -0.05) is 25.1 Å². The van der Waals surface area contributed by atoms with Gasteiger partial charge in [0.2, 0.25) is 5.91 Å². The van der Waals surface area contributed by atoms with E-state index in [0.717, 1.165) is 18.7 Å². The molecule has 0 aromatic heterocycles. The molecule has 0 saturated carbocycles. The van der Waals surface area contributed by atoms with E-state index in [4.69, 9.17) is 4.74 Å². The first-order valence-electron chi connectivity index (χ1n) is 6.96. The van der Waals surface area contributed by atoms with E-state index in [9.17, 15) is 9.59 Å². The Hall–Kier alpha value is -1.88. The zero-order chi connectivity index (χ0) is 14.4. The Balaban J connectivity index is 1.88. The highest BCUT2D eigenvalue weighted by molar-refractivity contribution is 5.95. The average molecular weight is 276 g/mol. The van der Waals surface area contributed by atoms with E-state index in [1.165, 1.54) is 0 Å². The minimum absolute atomic E-state index is 0.0634. The van der Waals surface area contributed by atoms with Crippen molar-refractivity contribution in [2.75, 3.05) is 25.0 Å². The molecular weight excluding hydrogens is 256 g/mol. The number of morpholine rings is 1. The number of nitrogens with one attached hydrogen (secondary N) is 1. The van der Waals surface area contributed by atoms with Crippen molar-refractivity contribution < 1.29 is 14.3 Å². The lowest BCUT2D eigenvalue weighted by atomic mass is 10.1. The summed E-state index contributed by atoms with van der Waals surface area (Å²) >= 11 is 0. The molecule has 1 heterocycles. The minimum Gasteiger partial charge on any atom is -0.366 e. The monoisotopic (exact) mass is 276 g/mol. The van der Waals surface area contributed by atoms with E-state index in [1.807, 2.05) is 37.3 Å². The van der Waals surface area contributed by atoms with Crippen LogP contribution < -0.4 is 5.32 Å². The first kappa shape index (κ1) is 14.5. The summed E-state index contributed by atoms with van der Waals surface area (Å²) in [7, 11) is 0. The van der Waals surface area contributed by atoms with Gasteiger partial charge in [0.1, 0.15) is 6.10 Å². The van der Waals surface area contributed by atoms with Crippen LogP contribution in [-0.4, -0.2) is 42.5 Å². The van der Waals surface area contributed by atoms with Crippen LogP contribution >= 0.6 is 0 Å². The molecule has 1 aromatic carbocycles. The van der Waals surface area contributed by atoms with E-state index in [2.05, 4.69) is 5.32 Å². The molecule has 1 aliphatic rings. The third-order valence-electron chi connectivity index (χ3n) is 3.19. The number of anilines is 1. The molecule has 0 bridgehead atoms. The standard InChI is InChI=1S/C15H20N2O3/c1-2-8-17-9-10-20-13(15(17)19)11-14(18)16-12-6-4-3-5-7-12/h3-7,13H,2,8-11H2,1H3,(H,16,18)/t13-/m0/s1. The quantitative estimate of drug-likeness (QED) is 0.889. The van der Waals surface area contributed by atoms with Crippen molar-refractivity contribution in [2.45, 2.75) is 25.9 Å². The Bertz CT molecular complexity index is 459. The molecule has 20 heavy (non-hydrogen) atoms. The van der Waals surface area contributed by atoms with Gasteiger partial charge in [0, 0.05) is 18.8 Å². The number of carbonyl (C=O) groups excluding carboxylic acids is 2. The maximum Gasteiger partial charge on any atom is 0.252 e. The minimum atomic E-state index is -0.654. The number of para-hydroxylation sites is 1. The molecule has 2 amide bonds. The van der Waals surface area contributed by atoms with Gasteiger partial charge in [-0.15, -0.1) is 0 Å². The van der Waals surface area contributed by atoms with Crippen molar-refractivity contribution >= 4 is 17.5 Å². The maximum absolute atomic E-state index is 12.1. The van der Waals surface area contributed by atoms with Gasteiger partial charge in [-0.3, -0.25) is 9.59 Å². The van der Waals surface area contributed by atoms with Gasteiger partial charge in [-0.25, -0.2) is 0 Å². The fourth-order valence-corrected chi connectivity index (χ4v) is 2.23. The van der Waals surface area contributed by atoms with Gasteiger partial charge in [0.25, 0.3) is 5.91 Å². The highest BCUT2D eigenvalue weighted by Crippen LogP contribution is 2.13. The Morgan fingerprint density at radius 2 is 2.15 bits per heavy atom. The summed E-state index contributed by atoms with van der Waals surface area (Å²) in [4.78, 5) is 25.8. The van der Waals surface area contributed by atoms with Crippen molar-refractivity contribution in [1.82, 2.24) is 4.90 Å². The van der Waals surface area contributed by atoms with E-state index >= 15 is 0 Å². The van der Waals surface area contributed by atoms with Crippen molar-refractivity contribution in [3.05, 3.63) is 30.3 Å². The first-order chi connectivity index (χ1) is 9.70. The number of carbonyl (C=O) groups is 2. The summed E-state index contributed by atoms with van der Waals surface area (Å²) in [6.45, 7) is 3.86. The second-order valence-electron chi connectivity index (χ2n) is 4.80. The zero-order valence-corrected chi connectivity index (χ0v) is 11.7. The van der Waals surface area contributed by atoms with Crippen LogP contribution in [0.3, 0.4) is 0 Å². The number of hydrogen-bond donors (Lipinski definition) is 1. The zero-order valence-electron chi connectivity index (χ0n) is 11.7. The van der Waals surface area contributed by atoms with E-state index in [0.29, 0.717) is 13.2 Å². The molecule has 108 valence electrons. The molecule has 0 unspecified atom stereocenters. The summed E-state index contributed by atoms with van der Waals surface area (Å²) in [5, 5.41) is 2.77. The van der Waals surface area contributed by atoms with Gasteiger partial charge in [0.15, 0.2) is 0 Å². The van der Waals surface area contributed by atoms with Crippen LogP contribution in [-0.2, 0) is 14.3 Å². The van der Waals surface area contributed by atoms with Crippen LogP contribution in [0.15, 0.2) is 30.3 Å². The van der Waals surface area contributed by atoms with Crippen LogP contribution in [0.25, 0.3) is 0 Å². The SMILES string of the molecule is CCCN1CCO[C@@H](CC(=O)Nc2ccccc2)C1=O. The van der Waals surface area contributed by atoms with Gasteiger partial charge in [-0.05, 0) is 18.6 Å². The van der Waals surface area contributed by atoms with Crippen LogP contribution in [0.5, 0.6) is 0 Å². The molecular formula is C15H20N2O3. The number of ether oxygens (including phenoxy) is 1. The molecule has 0 spiro atoms. The summed E-state index contributed by atoms with van der Waals surface area (Å²) in [6, 6.07) is 9.20. The van der Waals surface area contributed by atoms with E-state index < -0.39 is 6.10 Å². The maximum atomic E-state index is 12.1. The van der Waals surface area contributed by atoms with Gasteiger partial charge >= 0.3 is 0 Å². The smallest absolute Gasteiger partial charge is 0.252 e. The van der Waals surface area contributed by atoms with Crippen LogP contribution in [0, 0.1) is 0 Å². The Morgan fingerprint density at radius 3 is 2.85 bits per heavy atom. The summed E-state index contributed by atoms with van der Waals surface area (Å²) in [5.41, 5.74) is 0.728. The molecule has 1 fully saturated rings. The van der Waals surface area contributed by atoms with Crippen LogP contribution in [0.2, 0.25) is 0 Å².